The van der Waals surface area contributed by atoms with Crippen molar-refractivity contribution in [3.05, 3.63) is 95.1 Å². The molecule has 1 amide bonds. The second-order valence-corrected chi connectivity index (χ2v) is 9.15. The van der Waals surface area contributed by atoms with E-state index in [2.05, 4.69) is 5.32 Å². The van der Waals surface area contributed by atoms with Crippen molar-refractivity contribution in [2.75, 3.05) is 11.9 Å². The molecule has 4 rings (SSSR count). The van der Waals surface area contributed by atoms with E-state index in [0.29, 0.717) is 13.0 Å². The topological polar surface area (TPSA) is 107 Å². The highest BCUT2D eigenvalue weighted by atomic mass is 32.2. The Morgan fingerprint density at radius 3 is 2.35 bits per heavy atom. The molecule has 0 unspecified atom stereocenters. The zero-order valence-corrected chi connectivity index (χ0v) is 17.3. The molecule has 8 heteroatoms. The molecular weight excluding hydrogens is 416 g/mol. The van der Waals surface area contributed by atoms with Crippen LogP contribution < -0.4 is 10.4 Å². The Hall–Kier alpha value is -3.49. The van der Waals surface area contributed by atoms with Crippen LogP contribution in [0, 0.1) is 0 Å². The van der Waals surface area contributed by atoms with Crippen LogP contribution in [-0.4, -0.2) is 31.1 Å². The van der Waals surface area contributed by atoms with Crippen LogP contribution in [0.5, 0.6) is 0 Å². The standard InChI is InChI=1S/C23H20N2O5S/c26-22(24-20-9-3-8-18(13-20)23(27)28)17-7-4-10-21(14-17)31(29,30)25-12-11-16-5-1-2-6-19(16)15-25/h1-10,13-14H,11-12,15H2,(H,24,26)(H,27,28)/p-1. The number of carbonyl (C=O) groups is 2. The molecule has 0 bridgehead atoms. The van der Waals surface area contributed by atoms with E-state index in [9.17, 15) is 23.1 Å². The summed E-state index contributed by atoms with van der Waals surface area (Å²) in [6.45, 7) is 0.650. The summed E-state index contributed by atoms with van der Waals surface area (Å²) in [4.78, 5) is 23.7. The van der Waals surface area contributed by atoms with E-state index in [1.165, 1.54) is 52.8 Å². The Kier molecular flexibility index (Phi) is 5.58. The molecule has 3 aromatic rings. The van der Waals surface area contributed by atoms with E-state index < -0.39 is 21.9 Å². The molecule has 0 radical (unpaired) electrons. The van der Waals surface area contributed by atoms with E-state index >= 15 is 0 Å². The summed E-state index contributed by atoms with van der Waals surface area (Å²) in [6, 6.07) is 19.2. The summed E-state index contributed by atoms with van der Waals surface area (Å²) in [5, 5.41) is 13.6. The lowest BCUT2D eigenvalue weighted by atomic mass is 10.0. The summed E-state index contributed by atoms with van der Waals surface area (Å²) >= 11 is 0. The lowest BCUT2D eigenvalue weighted by Gasteiger charge is -2.28. The highest BCUT2D eigenvalue weighted by Crippen LogP contribution is 2.25. The highest BCUT2D eigenvalue weighted by Gasteiger charge is 2.28. The van der Waals surface area contributed by atoms with Gasteiger partial charge in [-0.1, -0.05) is 42.5 Å². The van der Waals surface area contributed by atoms with Crippen molar-refractivity contribution >= 4 is 27.6 Å². The van der Waals surface area contributed by atoms with Gasteiger partial charge in [0.2, 0.25) is 10.0 Å². The van der Waals surface area contributed by atoms with Crippen LogP contribution in [0.15, 0.2) is 77.7 Å². The average molecular weight is 435 g/mol. The zero-order chi connectivity index (χ0) is 22.0. The number of fused-ring (bicyclic) bond motifs is 1. The van der Waals surface area contributed by atoms with E-state index in [0.717, 1.165) is 11.1 Å². The minimum Gasteiger partial charge on any atom is -0.545 e. The number of aromatic carboxylic acids is 1. The van der Waals surface area contributed by atoms with E-state index in [1.54, 1.807) is 0 Å². The second-order valence-electron chi connectivity index (χ2n) is 7.21. The van der Waals surface area contributed by atoms with E-state index in [4.69, 9.17) is 0 Å². The van der Waals surface area contributed by atoms with Crippen molar-refractivity contribution in [2.45, 2.75) is 17.9 Å². The number of carboxylic acid groups (broad SMARTS) is 1. The van der Waals surface area contributed by atoms with Gasteiger partial charge in [-0.2, -0.15) is 4.31 Å². The summed E-state index contributed by atoms with van der Waals surface area (Å²) < 4.78 is 27.8. The number of hydrogen-bond acceptors (Lipinski definition) is 5. The van der Waals surface area contributed by atoms with Crippen molar-refractivity contribution in [1.82, 2.24) is 4.31 Å². The number of nitrogens with zero attached hydrogens (tertiary/aromatic N) is 1. The number of benzene rings is 3. The molecule has 0 aliphatic carbocycles. The van der Waals surface area contributed by atoms with Gasteiger partial charge in [-0.05, 0) is 53.4 Å². The number of hydrogen-bond donors (Lipinski definition) is 1. The third-order valence-corrected chi connectivity index (χ3v) is 7.03. The Balaban J connectivity index is 1.56. The fraction of sp³-hybridized carbons (Fsp3) is 0.130. The molecule has 0 atom stereocenters. The van der Waals surface area contributed by atoms with Gasteiger partial charge in [0.1, 0.15) is 0 Å². The minimum absolute atomic E-state index is 0.0306. The number of carboxylic acids is 1. The van der Waals surface area contributed by atoms with Crippen molar-refractivity contribution in [2.24, 2.45) is 0 Å². The Labute approximate surface area is 180 Å². The predicted molar refractivity (Wildman–Crippen MR) is 113 cm³/mol. The molecule has 1 N–H and O–H groups in total. The smallest absolute Gasteiger partial charge is 0.255 e. The van der Waals surface area contributed by atoms with Gasteiger partial charge in [0.05, 0.1) is 10.9 Å². The van der Waals surface area contributed by atoms with Crippen LogP contribution >= 0.6 is 0 Å². The molecule has 0 fully saturated rings. The van der Waals surface area contributed by atoms with Gasteiger partial charge in [0, 0.05) is 24.3 Å². The normalized spacial score (nSPS) is 13.9. The van der Waals surface area contributed by atoms with Gasteiger partial charge < -0.3 is 15.2 Å². The molecule has 0 aromatic heterocycles. The molecule has 0 spiro atoms. The third kappa shape index (κ3) is 4.35. The SMILES string of the molecule is O=C([O-])c1cccc(NC(=O)c2cccc(S(=O)(=O)N3CCc4ccccc4C3)c2)c1. The van der Waals surface area contributed by atoms with Crippen LogP contribution in [0.3, 0.4) is 0 Å². The van der Waals surface area contributed by atoms with Crippen LogP contribution in [0.2, 0.25) is 0 Å². The quantitative estimate of drug-likeness (QED) is 0.660. The molecule has 1 aliphatic heterocycles. The number of sulfonamides is 1. The molecule has 1 aliphatic rings. The average Bonchev–Trinajstić information content (AvgIpc) is 2.79. The van der Waals surface area contributed by atoms with Gasteiger partial charge in [0.15, 0.2) is 0 Å². The van der Waals surface area contributed by atoms with Crippen molar-refractivity contribution in [3.8, 4) is 0 Å². The van der Waals surface area contributed by atoms with Crippen LogP contribution in [0.1, 0.15) is 31.8 Å². The molecule has 158 valence electrons. The molecule has 0 saturated carbocycles. The molecule has 3 aromatic carbocycles. The third-order valence-electron chi connectivity index (χ3n) is 5.19. The maximum atomic E-state index is 13.2. The van der Waals surface area contributed by atoms with Gasteiger partial charge in [-0.15, -0.1) is 0 Å². The van der Waals surface area contributed by atoms with Crippen LogP contribution in [0.25, 0.3) is 0 Å². The number of anilines is 1. The Morgan fingerprint density at radius 2 is 1.58 bits per heavy atom. The lowest BCUT2D eigenvalue weighted by molar-refractivity contribution is -0.255. The number of nitrogens with one attached hydrogen (secondary N) is 1. The first kappa shape index (κ1) is 20.8. The highest BCUT2D eigenvalue weighted by molar-refractivity contribution is 7.89. The lowest BCUT2D eigenvalue weighted by Crippen LogP contribution is -2.36. The summed E-state index contributed by atoms with van der Waals surface area (Å²) in [5.41, 5.74) is 2.46. The predicted octanol–water partition coefficient (Wildman–Crippen LogP) is 2.05. The number of carbonyl (C=O) groups excluding carboxylic acids is 2. The van der Waals surface area contributed by atoms with Crippen LogP contribution in [-0.2, 0) is 23.0 Å². The first-order valence-electron chi connectivity index (χ1n) is 9.64. The molecular formula is C23H19N2O5S-. The van der Waals surface area contributed by atoms with Crippen molar-refractivity contribution in [1.29, 1.82) is 0 Å². The van der Waals surface area contributed by atoms with Crippen LogP contribution in [0.4, 0.5) is 5.69 Å². The number of amides is 1. The summed E-state index contributed by atoms with van der Waals surface area (Å²) in [6.07, 6.45) is 0.629. The Bertz CT molecular complexity index is 1270. The monoisotopic (exact) mass is 435 g/mol. The molecule has 1 heterocycles. The van der Waals surface area contributed by atoms with E-state index in [-0.39, 0.29) is 28.3 Å². The minimum atomic E-state index is -3.78. The van der Waals surface area contributed by atoms with Gasteiger partial charge in [0.25, 0.3) is 5.91 Å². The van der Waals surface area contributed by atoms with Gasteiger partial charge >= 0.3 is 0 Å². The van der Waals surface area contributed by atoms with Crippen molar-refractivity contribution < 1.29 is 23.1 Å². The fourth-order valence-electron chi connectivity index (χ4n) is 3.55. The first-order chi connectivity index (χ1) is 14.8. The second kappa shape index (κ2) is 8.33. The first-order valence-corrected chi connectivity index (χ1v) is 11.1. The largest absolute Gasteiger partial charge is 0.545 e. The van der Waals surface area contributed by atoms with Crippen molar-refractivity contribution in [3.63, 3.8) is 0 Å². The van der Waals surface area contributed by atoms with Gasteiger partial charge in [-0.3, -0.25) is 4.79 Å². The summed E-state index contributed by atoms with van der Waals surface area (Å²) in [5.74, 6) is -1.90. The van der Waals surface area contributed by atoms with Gasteiger partial charge in [-0.25, -0.2) is 8.42 Å². The zero-order valence-electron chi connectivity index (χ0n) is 16.4. The number of rotatable bonds is 5. The van der Waals surface area contributed by atoms with E-state index in [1.807, 2.05) is 24.3 Å². The molecule has 7 nitrogen and oxygen atoms in total. The Morgan fingerprint density at radius 1 is 0.871 bits per heavy atom. The fourth-order valence-corrected chi connectivity index (χ4v) is 5.01. The maximum Gasteiger partial charge on any atom is 0.255 e. The summed E-state index contributed by atoms with van der Waals surface area (Å²) in [7, 11) is -3.78. The molecule has 31 heavy (non-hydrogen) atoms. The maximum absolute atomic E-state index is 13.2. The molecule has 0 saturated heterocycles.